The van der Waals surface area contributed by atoms with Crippen LogP contribution < -0.4 is 10.6 Å². The van der Waals surface area contributed by atoms with Crippen LogP contribution in [0.5, 0.6) is 0 Å². The van der Waals surface area contributed by atoms with Crippen LogP contribution in [0.25, 0.3) is 6.08 Å². The quantitative estimate of drug-likeness (QED) is 0.501. The van der Waals surface area contributed by atoms with Gasteiger partial charge >= 0.3 is 0 Å². The molecule has 1 aliphatic rings. The van der Waals surface area contributed by atoms with Gasteiger partial charge in [-0.3, -0.25) is 9.59 Å². The van der Waals surface area contributed by atoms with Crippen molar-refractivity contribution in [2.45, 2.75) is 11.7 Å². The summed E-state index contributed by atoms with van der Waals surface area (Å²) >= 11 is 12.9. The molecule has 1 atom stereocenters. The number of carbonyl (C=O) groups excluding carboxylic acids is 2. The minimum absolute atomic E-state index is 0.00656. The van der Waals surface area contributed by atoms with Crippen molar-refractivity contribution >= 4 is 69.9 Å². The van der Waals surface area contributed by atoms with E-state index in [1.165, 1.54) is 6.21 Å². The Hall–Kier alpha value is -2.61. The first-order chi connectivity index (χ1) is 14.0. The van der Waals surface area contributed by atoms with Crippen molar-refractivity contribution in [2.24, 2.45) is 10.2 Å². The summed E-state index contributed by atoms with van der Waals surface area (Å²) in [4.78, 5) is 24.2. The van der Waals surface area contributed by atoms with E-state index >= 15 is 0 Å². The number of hydrogen-bond donors (Lipinski definition) is 2. The molecule has 2 amide bonds. The number of anilines is 1. The van der Waals surface area contributed by atoms with E-state index < -0.39 is 5.25 Å². The van der Waals surface area contributed by atoms with E-state index in [2.05, 4.69) is 20.8 Å². The van der Waals surface area contributed by atoms with Crippen LogP contribution in [-0.4, -0.2) is 28.4 Å². The molecule has 1 heterocycles. The lowest BCUT2D eigenvalue weighted by Gasteiger charge is -2.08. The molecule has 6 nitrogen and oxygen atoms in total. The molecule has 1 unspecified atom stereocenters. The van der Waals surface area contributed by atoms with Gasteiger partial charge in [-0.25, -0.2) is 0 Å². The number of benzene rings is 2. The maximum atomic E-state index is 12.2. The molecule has 2 aromatic rings. The monoisotopic (exact) mass is 446 g/mol. The summed E-state index contributed by atoms with van der Waals surface area (Å²) in [6.45, 7) is 0. The van der Waals surface area contributed by atoms with Crippen LogP contribution in [0, 0.1) is 0 Å². The van der Waals surface area contributed by atoms with Crippen LogP contribution in [0.3, 0.4) is 0 Å². The average Bonchev–Trinajstić information content (AvgIpc) is 3.04. The standard InChI is InChI=1S/C20H16Cl2N4O2S/c21-15-9-8-14(11-16(15)22)24-18(27)12-17-19(28)25-20(29-17)26-23-10-4-7-13-5-2-1-3-6-13/h1-11,17H,12H2,(H,24,27)(H,25,26,28)/b7-4+,23-10-. The van der Waals surface area contributed by atoms with Crippen LogP contribution in [-0.2, 0) is 9.59 Å². The molecule has 0 spiro atoms. The Kier molecular flexibility index (Phi) is 7.46. The SMILES string of the molecule is O=C(CC1S/C(=N/N=C\C=C\c2ccccc2)NC1=O)Nc1ccc(Cl)c(Cl)c1. The molecule has 9 heteroatoms. The number of nitrogens with zero attached hydrogens (tertiary/aromatic N) is 2. The van der Waals surface area contributed by atoms with Crippen LogP contribution in [0.2, 0.25) is 10.0 Å². The summed E-state index contributed by atoms with van der Waals surface area (Å²) in [5.41, 5.74) is 1.56. The van der Waals surface area contributed by atoms with Gasteiger partial charge in [0, 0.05) is 18.3 Å². The molecular formula is C20H16Cl2N4O2S. The van der Waals surface area contributed by atoms with E-state index in [0.717, 1.165) is 17.3 Å². The third kappa shape index (κ3) is 6.45. The maximum absolute atomic E-state index is 12.2. The second-order valence-electron chi connectivity index (χ2n) is 5.92. The van der Waals surface area contributed by atoms with Crippen molar-refractivity contribution < 1.29 is 9.59 Å². The van der Waals surface area contributed by atoms with E-state index in [-0.39, 0.29) is 18.2 Å². The number of rotatable bonds is 6. The minimum atomic E-state index is -0.577. The zero-order valence-corrected chi connectivity index (χ0v) is 17.3. The largest absolute Gasteiger partial charge is 0.326 e. The number of nitrogens with one attached hydrogen (secondary N) is 2. The molecular weight excluding hydrogens is 431 g/mol. The molecule has 0 aliphatic carbocycles. The molecule has 0 aromatic heterocycles. The fraction of sp³-hybridized carbons (Fsp3) is 0.100. The van der Waals surface area contributed by atoms with Crippen molar-refractivity contribution in [1.82, 2.24) is 5.32 Å². The van der Waals surface area contributed by atoms with Crippen LogP contribution >= 0.6 is 35.0 Å². The second kappa shape index (κ2) is 10.2. The fourth-order valence-electron chi connectivity index (χ4n) is 2.38. The zero-order valence-electron chi connectivity index (χ0n) is 15.0. The van der Waals surface area contributed by atoms with Gasteiger partial charge in [0.25, 0.3) is 0 Å². The Balaban J connectivity index is 1.50. The predicted molar refractivity (Wildman–Crippen MR) is 121 cm³/mol. The van der Waals surface area contributed by atoms with Gasteiger partial charge in [-0.05, 0) is 29.8 Å². The Morgan fingerprint density at radius 2 is 1.97 bits per heavy atom. The number of amides is 2. The predicted octanol–water partition coefficient (Wildman–Crippen LogP) is 4.61. The van der Waals surface area contributed by atoms with Crippen molar-refractivity contribution in [3.63, 3.8) is 0 Å². The summed E-state index contributed by atoms with van der Waals surface area (Å²) in [6, 6.07) is 14.5. The van der Waals surface area contributed by atoms with Crippen LogP contribution in [0.1, 0.15) is 12.0 Å². The van der Waals surface area contributed by atoms with Gasteiger partial charge in [0.05, 0.1) is 10.0 Å². The van der Waals surface area contributed by atoms with Crippen molar-refractivity contribution in [2.75, 3.05) is 5.32 Å². The van der Waals surface area contributed by atoms with Gasteiger partial charge in [-0.1, -0.05) is 71.4 Å². The van der Waals surface area contributed by atoms with Gasteiger partial charge in [-0.15, -0.1) is 5.10 Å². The lowest BCUT2D eigenvalue weighted by molar-refractivity contribution is -0.122. The first kappa shape index (κ1) is 21.1. The highest BCUT2D eigenvalue weighted by Gasteiger charge is 2.32. The van der Waals surface area contributed by atoms with Gasteiger partial charge in [0.1, 0.15) is 5.25 Å². The third-order valence-electron chi connectivity index (χ3n) is 3.74. The summed E-state index contributed by atoms with van der Waals surface area (Å²) < 4.78 is 0. The van der Waals surface area contributed by atoms with E-state index in [1.54, 1.807) is 24.3 Å². The van der Waals surface area contributed by atoms with Crippen LogP contribution in [0.15, 0.2) is 64.8 Å². The Morgan fingerprint density at radius 3 is 2.72 bits per heavy atom. The highest BCUT2D eigenvalue weighted by atomic mass is 35.5. The number of hydrogen-bond acceptors (Lipinski definition) is 5. The fourth-order valence-corrected chi connectivity index (χ4v) is 3.61. The summed E-state index contributed by atoms with van der Waals surface area (Å²) in [7, 11) is 0. The number of halogens is 2. The summed E-state index contributed by atoms with van der Waals surface area (Å²) in [6.07, 6.45) is 5.16. The molecule has 1 aliphatic heterocycles. The maximum Gasteiger partial charge on any atom is 0.240 e. The number of amidine groups is 1. The first-order valence-electron chi connectivity index (χ1n) is 8.56. The normalized spacial score (nSPS) is 17.9. The van der Waals surface area contributed by atoms with Crippen molar-refractivity contribution in [3.05, 3.63) is 70.2 Å². The second-order valence-corrected chi connectivity index (χ2v) is 7.92. The summed E-state index contributed by atoms with van der Waals surface area (Å²) in [5.74, 6) is -0.598. The van der Waals surface area contributed by atoms with Crippen molar-refractivity contribution in [3.8, 4) is 0 Å². The van der Waals surface area contributed by atoms with E-state index in [0.29, 0.717) is 20.9 Å². The minimum Gasteiger partial charge on any atom is -0.326 e. The molecule has 29 heavy (non-hydrogen) atoms. The molecule has 0 saturated carbocycles. The molecule has 1 fully saturated rings. The molecule has 148 valence electrons. The molecule has 2 aromatic carbocycles. The number of allylic oxidation sites excluding steroid dienone is 1. The Bertz CT molecular complexity index is 993. The van der Waals surface area contributed by atoms with E-state index in [1.807, 2.05) is 36.4 Å². The molecule has 3 rings (SSSR count). The first-order valence-corrected chi connectivity index (χ1v) is 10.2. The number of thioether (sulfide) groups is 1. The van der Waals surface area contributed by atoms with E-state index in [9.17, 15) is 9.59 Å². The van der Waals surface area contributed by atoms with Gasteiger partial charge in [-0.2, -0.15) is 5.10 Å². The van der Waals surface area contributed by atoms with Gasteiger partial charge in [0.15, 0.2) is 5.17 Å². The Morgan fingerprint density at radius 1 is 1.17 bits per heavy atom. The van der Waals surface area contributed by atoms with Crippen LogP contribution in [0.4, 0.5) is 5.69 Å². The lowest BCUT2D eigenvalue weighted by Crippen LogP contribution is -2.28. The van der Waals surface area contributed by atoms with E-state index in [4.69, 9.17) is 23.2 Å². The summed E-state index contributed by atoms with van der Waals surface area (Å²) in [5, 5.41) is 13.7. The molecule has 1 saturated heterocycles. The van der Waals surface area contributed by atoms with Crippen molar-refractivity contribution in [1.29, 1.82) is 0 Å². The average molecular weight is 447 g/mol. The Labute approximate surface area is 182 Å². The molecule has 2 N–H and O–H groups in total. The number of carbonyl (C=O) groups is 2. The smallest absolute Gasteiger partial charge is 0.240 e. The highest BCUT2D eigenvalue weighted by molar-refractivity contribution is 8.15. The third-order valence-corrected chi connectivity index (χ3v) is 5.55. The van der Waals surface area contributed by atoms with Gasteiger partial charge < -0.3 is 10.6 Å². The lowest BCUT2D eigenvalue weighted by atomic mass is 10.2. The zero-order chi connectivity index (χ0) is 20.6. The topological polar surface area (TPSA) is 82.9 Å². The molecule has 0 radical (unpaired) electrons. The highest BCUT2D eigenvalue weighted by Crippen LogP contribution is 2.26. The molecule has 0 bridgehead atoms. The van der Waals surface area contributed by atoms with Gasteiger partial charge in [0.2, 0.25) is 11.8 Å².